The molecule has 3 aromatic rings. The van der Waals surface area contributed by atoms with Gasteiger partial charge in [0, 0.05) is 12.3 Å². The number of aliphatic carboxylic acids is 1. The summed E-state index contributed by atoms with van der Waals surface area (Å²) in [6.07, 6.45) is 4.10. The van der Waals surface area contributed by atoms with Crippen molar-refractivity contribution in [2.45, 2.75) is 0 Å². The van der Waals surface area contributed by atoms with Crippen LogP contribution in [-0.4, -0.2) is 20.5 Å². The third-order valence-corrected chi connectivity index (χ3v) is 3.65. The maximum Gasteiger partial charge on any atom is 0.328 e. The van der Waals surface area contributed by atoms with E-state index in [-0.39, 0.29) is 5.65 Å². The molecule has 6 heteroatoms. The molecule has 0 aliphatic carbocycles. The summed E-state index contributed by atoms with van der Waals surface area (Å²) in [5.74, 6) is -1.51. The van der Waals surface area contributed by atoms with Gasteiger partial charge >= 0.3 is 5.97 Å². The van der Waals surface area contributed by atoms with Gasteiger partial charge in [-0.25, -0.2) is 14.2 Å². The summed E-state index contributed by atoms with van der Waals surface area (Å²) in [5, 5.41) is 10.7. The largest absolute Gasteiger partial charge is 0.478 e. The minimum absolute atomic E-state index is 0.181. The minimum Gasteiger partial charge on any atom is -0.478 e. The van der Waals surface area contributed by atoms with Crippen LogP contribution in [0.1, 0.15) is 5.69 Å². The number of halogens is 1. The van der Waals surface area contributed by atoms with E-state index in [0.29, 0.717) is 11.4 Å². The van der Waals surface area contributed by atoms with Crippen LogP contribution in [0.4, 0.5) is 4.39 Å². The second kappa shape index (κ2) is 4.90. The van der Waals surface area contributed by atoms with E-state index < -0.39 is 11.8 Å². The first kappa shape index (κ1) is 12.6. The number of carboxylic acid groups (broad SMARTS) is 1. The first-order chi connectivity index (χ1) is 9.66. The number of thiophene rings is 1. The van der Waals surface area contributed by atoms with E-state index in [1.165, 1.54) is 23.5 Å². The van der Waals surface area contributed by atoms with Crippen LogP contribution in [0.5, 0.6) is 0 Å². The lowest BCUT2D eigenvalue weighted by molar-refractivity contribution is -0.131. The Balaban J connectivity index is 2.30. The molecule has 0 amide bonds. The molecule has 4 nitrogen and oxygen atoms in total. The van der Waals surface area contributed by atoms with Crippen LogP contribution in [-0.2, 0) is 4.79 Å². The van der Waals surface area contributed by atoms with Crippen LogP contribution in [0, 0.1) is 5.82 Å². The van der Waals surface area contributed by atoms with Crippen molar-refractivity contribution >= 4 is 29.0 Å². The van der Waals surface area contributed by atoms with Gasteiger partial charge in [-0.1, -0.05) is 6.07 Å². The van der Waals surface area contributed by atoms with Crippen LogP contribution in [0.15, 0.2) is 41.9 Å². The van der Waals surface area contributed by atoms with E-state index in [4.69, 9.17) is 5.11 Å². The van der Waals surface area contributed by atoms with Gasteiger partial charge in [0.25, 0.3) is 0 Å². The second-order valence-corrected chi connectivity index (χ2v) is 4.99. The number of carboxylic acids is 1. The molecule has 0 aliphatic heterocycles. The average Bonchev–Trinajstić information content (AvgIpc) is 3.04. The van der Waals surface area contributed by atoms with E-state index in [1.807, 2.05) is 17.5 Å². The third kappa shape index (κ3) is 2.10. The molecule has 3 heterocycles. The van der Waals surface area contributed by atoms with Gasteiger partial charge < -0.3 is 5.11 Å². The molecule has 0 fully saturated rings. The summed E-state index contributed by atoms with van der Waals surface area (Å²) >= 11 is 1.47. The fourth-order valence-electron chi connectivity index (χ4n) is 1.96. The average molecular weight is 288 g/mol. The molecule has 0 radical (unpaired) electrons. The molecular weight excluding hydrogens is 279 g/mol. The van der Waals surface area contributed by atoms with Crippen molar-refractivity contribution in [1.29, 1.82) is 0 Å². The van der Waals surface area contributed by atoms with Crippen molar-refractivity contribution in [3.63, 3.8) is 0 Å². The Morgan fingerprint density at radius 1 is 1.40 bits per heavy atom. The van der Waals surface area contributed by atoms with Gasteiger partial charge in [0.05, 0.1) is 10.6 Å². The summed E-state index contributed by atoms with van der Waals surface area (Å²) in [6.45, 7) is 0. The second-order valence-electron chi connectivity index (χ2n) is 4.04. The van der Waals surface area contributed by atoms with Crippen LogP contribution >= 0.6 is 11.3 Å². The summed E-state index contributed by atoms with van der Waals surface area (Å²) in [4.78, 5) is 15.9. The van der Waals surface area contributed by atoms with Gasteiger partial charge in [0.1, 0.15) is 5.69 Å². The van der Waals surface area contributed by atoms with Crippen molar-refractivity contribution in [2.75, 3.05) is 0 Å². The molecule has 0 saturated carbocycles. The number of nitrogens with zero attached hydrogens (tertiary/aromatic N) is 2. The molecule has 0 unspecified atom stereocenters. The zero-order valence-electron chi connectivity index (χ0n) is 10.2. The Morgan fingerprint density at radius 3 is 2.95 bits per heavy atom. The van der Waals surface area contributed by atoms with Gasteiger partial charge in [-0.3, -0.25) is 4.40 Å². The van der Waals surface area contributed by atoms with E-state index in [0.717, 1.165) is 11.0 Å². The van der Waals surface area contributed by atoms with Crippen molar-refractivity contribution in [1.82, 2.24) is 9.38 Å². The molecule has 3 rings (SSSR count). The van der Waals surface area contributed by atoms with E-state index in [1.54, 1.807) is 16.7 Å². The normalized spacial score (nSPS) is 11.4. The molecule has 0 aliphatic rings. The first-order valence-corrected chi connectivity index (χ1v) is 6.66. The molecule has 20 heavy (non-hydrogen) atoms. The van der Waals surface area contributed by atoms with Crippen LogP contribution < -0.4 is 0 Å². The Labute approximate surface area is 117 Å². The predicted octanol–water partition coefficient (Wildman–Crippen LogP) is 3.30. The first-order valence-electron chi connectivity index (χ1n) is 5.78. The summed E-state index contributed by atoms with van der Waals surface area (Å²) in [7, 11) is 0. The Morgan fingerprint density at radius 2 is 2.25 bits per heavy atom. The van der Waals surface area contributed by atoms with Crippen LogP contribution in [0.25, 0.3) is 22.3 Å². The Kier molecular flexibility index (Phi) is 3.08. The lowest BCUT2D eigenvalue weighted by Gasteiger charge is -1.98. The van der Waals surface area contributed by atoms with Crippen molar-refractivity contribution in [3.8, 4) is 10.6 Å². The Hall–Kier alpha value is -2.47. The summed E-state index contributed by atoms with van der Waals surface area (Å²) < 4.78 is 15.3. The van der Waals surface area contributed by atoms with Crippen LogP contribution in [0.3, 0.4) is 0 Å². The standard InChI is InChI=1S/C14H9FN2O2S/c15-9-3-1-7-17-10(5-6-12(18)19)13(16-14(9)17)11-4-2-8-20-11/h1-8H,(H,18,19)/b6-5+. The maximum atomic E-state index is 13.8. The lowest BCUT2D eigenvalue weighted by atomic mass is 10.2. The topological polar surface area (TPSA) is 54.6 Å². The van der Waals surface area contributed by atoms with Gasteiger partial charge in [0.2, 0.25) is 0 Å². The number of carbonyl (C=O) groups is 1. The molecule has 3 aromatic heterocycles. The maximum absolute atomic E-state index is 13.8. The molecule has 0 aromatic carbocycles. The smallest absolute Gasteiger partial charge is 0.328 e. The molecular formula is C14H9FN2O2S. The number of hydrogen-bond donors (Lipinski definition) is 1. The fraction of sp³-hybridized carbons (Fsp3) is 0. The molecule has 0 saturated heterocycles. The zero-order chi connectivity index (χ0) is 14.1. The quantitative estimate of drug-likeness (QED) is 0.752. The van der Waals surface area contributed by atoms with E-state index >= 15 is 0 Å². The minimum atomic E-state index is -1.06. The van der Waals surface area contributed by atoms with Crippen molar-refractivity contribution < 1.29 is 14.3 Å². The molecule has 0 spiro atoms. The highest BCUT2D eigenvalue weighted by molar-refractivity contribution is 7.13. The van der Waals surface area contributed by atoms with Crippen molar-refractivity contribution in [2.24, 2.45) is 0 Å². The third-order valence-electron chi connectivity index (χ3n) is 2.78. The number of rotatable bonds is 3. The molecule has 1 N–H and O–H groups in total. The Bertz CT molecular complexity index is 806. The summed E-state index contributed by atoms with van der Waals surface area (Å²) in [5.41, 5.74) is 1.30. The van der Waals surface area contributed by atoms with Gasteiger partial charge in [0.15, 0.2) is 11.5 Å². The lowest BCUT2D eigenvalue weighted by Crippen LogP contribution is -1.91. The number of hydrogen-bond acceptors (Lipinski definition) is 3. The summed E-state index contributed by atoms with van der Waals surface area (Å²) in [6, 6.07) is 6.61. The molecule has 100 valence electrons. The van der Waals surface area contributed by atoms with Crippen molar-refractivity contribution in [3.05, 3.63) is 53.4 Å². The predicted molar refractivity (Wildman–Crippen MR) is 75.1 cm³/mol. The van der Waals surface area contributed by atoms with Gasteiger partial charge in [-0.05, 0) is 29.7 Å². The van der Waals surface area contributed by atoms with Gasteiger partial charge in [-0.15, -0.1) is 11.3 Å². The van der Waals surface area contributed by atoms with Crippen LogP contribution in [0.2, 0.25) is 0 Å². The number of fused-ring (bicyclic) bond motifs is 1. The van der Waals surface area contributed by atoms with Gasteiger partial charge in [-0.2, -0.15) is 0 Å². The van der Waals surface area contributed by atoms with E-state index in [2.05, 4.69) is 4.98 Å². The monoisotopic (exact) mass is 288 g/mol. The molecule has 0 atom stereocenters. The van der Waals surface area contributed by atoms with E-state index in [9.17, 15) is 9.18 Å². The number of imidazole rings is 1. The fourth-order valence-corrected chi connectivity index (χ4v) is 2.68. The molecule has 0 bridgehead atoms. The SMILES string of the molecule is O=C(O)/C=C/c1c(-c2cccs2)nc2c(F)cccn12. The highest BCUT2D eigenvalue weighted by Gasteiger charge is 2.15. The highest BCUT2D eigenvalue weighted by atomic mass is 32.1. The number of pyridine rings is 1. The highest BCUT2D eigenvalue weighted by Crippen LogP contribution is 2.29. The number of aromatic nitrogens is 2. The zero-order valence-corrected chi connectivity index (χ0v) is 11.0.